The first-order chi connectivity index (χ1) is 56.4. The number of carbonyl (C=O) groups excluding carboxylic acids is 6. The highest BCUT2D eigenvalue weighted by atomic mass is 31.2. The highest BCUT2D eigenvalue weighted by Gasteiger charge is 2.33. The van der Waals surface area contributed by atoms with Gasteiger partial charge in [-0.3, -0.25) is 47.5 Å². The Labute approximate surface area is 740 Å². The summed E-state index contributed by atoms with van der Waals surface area (Å²) in [5, 5.41) is 52.5. The molecule has 0 spiro atoms. The van der Waals surface area contributed by atoms with E-state index < -0.39 is 92.3 Å². The predicted molar refractivity (Wildman–Crippen MR) is 496 cm³/mol. The zero-order valence-corrected chi connectivity index (χ0v) is 83.6. The number of aliphatic carboxylic acids is 1. The van der Waals surface area contributed by atoms with Gasteiger partial charge < -0.3 is 64.7 Å². The average molecular weight is 1830 g/mol. The molecule has 6 rings (SSSR count). The molecule has 0 saturated carbocycles. The SMILES string of the molecule is CC(C)(C)C(=O)CC(O)C(=O)O.CC(C)(C)Cc1cccc(C(=O)O)n1.CC(C)(C)Cc1cccc(P(=O)(O)O)n1.CCP(=O)(CC)CC(=O)C(C)(C)C.CCP(=O)(CC)Cc1cccc(CC(C)(C)C)[n+]1[O-].CCP(=O)(O)c1cccc(CC(C)(C)C)n1.CNC(=O)c1ccc(C(=O)C(C)(C)C)c(=O)n1O.CNC(=O)c1ccc(C(=O)C(C)(C)C)n(C)c1=O. The van der Waals surface area contributed by atoms with E-state index in [1.54, 1.807) is 99.6 Å². The van der Waals surface area contributed by atoms with Crippen molar-refractivity contribution >= 4 is 87.0 Å². The maximum Gasteiger partial charge on any atom is 0.374 e. The summed E-state index contributed by atoms with van der Waals surface area (Å²) in [6.45, 7) is 55.6. The van der Waals surface area contributed by atoms with E-state index in [0.29, 0.717) is 59.7 Å². The lowest BCUT2D eigenvalue weighted by Gasteiger charge is -2.20. The van der Waals surface area contributed by atoms with Crippen LogP contribution in [0.1, 0.15) is 288 Å². The van der Waals surface area contributed by atoms with Crippen molar-refractivity contribution in [3.05, 3.63) is 180 Å². The van der Waals surface area contributed by atoms with E-state index in [0.717, 1.165) is 41.1 Å². The van der Waals surface area contributed by atoms with Gasteiger partial charge in [0.05, 0.1) is 37.9 Å². The summed E-state index contributed by atoms with van der Waals surface area (Å²) in [5.74, 6) is -4.04. The molecule has 34 heteroatoms. The molecule has 0 bridgehead atoms. The third-order valence-corrected chi connectivity index (χ3v) is 27.3. The van der Waals surface area contributed by atoms with Crippen molar-refractivity contribution < 1.29 is 96.6 Å². The van der Waals surface area contributed by atoms with Gasteiger partial charge in [0, 0.05) is 91.0 Å². The molecule has 2 unspecified atom stereocenters. The number of aliphatic hydroxyl groups excluding tert-OH is 1. The molecular weight excluding hydrogens is 1680 g/mol. The van der Waals surface area contributed by atoms with Crippen molar-refractivity contribution in [1.82, 2.24) is 34.9 Å². The number of carboxylic acids is 2. The smallest absolute Gasteiger partial charge is 0.374 e. The number of nitrogens with zero attached hydrogens (tertiary/aromatic N) is 6. The minimum absolute atomic E-state index is 0.0328. The molecule has 0 aliphatic heterocycles. The number of aliphatic hydroxyl groups is 1. The van der Waals surface area contributed by atoms with Crippen LogP contribution >= 0.6 is 29.2 Å². The first-order valence-electron chi connectivity index (χ1n) is 41.4. The van der Waals surface area contributed by atoms with Gasteiger partial charge in [0.15, 0.2) is 34.5 Å². The Kier molecular flexibility index (Phi) is 47.1. The monoisotopic (exact) mass is 1830 g/mol. The quantitative estimate of drug-likeness (QED) is 0.00945. The lowest BCUT2D eigenvalue weighted by atomic mass is 9.87. The van der Waals surface area contributed by atoms with Crippen molar-refractivity contribution in [3.63, 3.8) is 0 Å². The molecule has 6 heterocycles. The van der Waals surface area contributed by atoms with E-state index in [9.17, 15) is 81.5 Å². The van der Waals surface area contributed by atoms with Crippen LogP contribution in [0.5, 0.6) is 0 Å². The van der Waals surface area contributed by atoms with E-state index in [2.05, 4.69) is 109 Å². The predicted octanol–water partition coefficient (Wildman–Crippen LogP) is 15.3. The van der Waals surface area contributed by atoms with Crippen LogP contribution in [0, 0.1) is 48.5 Å². The van der Waals surface area contributed by atoms with Crippen molar-refractivity contribution in [2.75, 3.05) is 51.1 Å². The number of carboxylic acid groups (broad SMARTS) is 2. The second kappa shape index (κ2) is 49.7. The maximum absolute atomic E-state index is 12.5. The molecule has 0 aromatic carbocycles. The van der Waals surface area contributed by atoms with Gasteiger partial charge in [-0.2, -0.15) is 4.73 Å². The van der Waals surface area contributed by atoms with Crippen molar-refractivity contribution in [1.29, 1.82) is 0 Å². The number of carbonyl (C=O) groups is 8. The summed E-state index contributed by atoms with van der Waals surface area (Å²) >= 11 is 0. The zero-order valence-electron chi connectivity index (χ0n) is 80.0. The topological polar surface area (TPSA) is 480 Å². The van der Waals surface area contributed by atoms with Crippen LogP contribution in [0.15, 0.2) is 107 Å². The number of amides is 2. The van der Waals surface area contributed by atoms with Gasteiger partial charge in [-0.1, -0.05) is 219 Å². The number of hydrogen-bond acceptors (Lipinski definition) is 20. The molecule has 6 aromatic rings. The van der Waals surface area contributed by atoms with Crippen LogP contribution in [0.3, 0.4) is 0 Å². The molecule has 2 amide bonds. The van der Waals surface area contributed by atoms with Crippen molar-refractivity contribution in [2.24, 2.45) is 50.4 Å². The van der Waals surface area contributed by atoms with Crippen LogP contribution in [0.25, 0.3) is 0 Å². The Balaban J connectivity index is 0. The number of Topliss-reactive ketones (excluding diaryl/α,β-unsaturated/α-hetero) is 4. The van der Waals surface area contributed by atoms with Gasteiger partial charge in [-0.25, -0.2) is 24.5 Å². The molecule has 9 N–H and O–H groups in total. The van der Waals surface area contributed by atoms with Gasteiger partial charge in [0.25, 0.3) is 22.9 Å². The molecule has 30 nitrogen and oxygen atoms in total. The Morgan fingerprint density at radius 3 is 1.22 bits per heavy atom. The third-order valence-electron chi connectivity index (χ3n) is 18.3. The number of aromatic carboxylic acids is 1. The minimum Gasteiger partial charge on any atom is -0.618 e. The molecule has 6 aromatic heterocycles. The summed E-state index contributed by atoms with van der Waals surface area (Å²) in [6, 6.07) is 26.2. The second-order valence-electron chi connectivity index (χ2n) is 39.3. The zero-order chi connectivity index (χ0) is 98.3. The molecule has 0 aliphatic rings. The van der Waals surface area contributed by atoms with E-state index in [4.69, 9.17) is 25.1 Å². The van der Waals surface area contributed by atoms with Crippen molar-refractivity contribution in [3.8, 4) is 0 Å². The largest absolute Gasteiger partial charge is 0.618 e. The lowest BCUT2D eigenvalue weighted by molar-refractivity contribution is -0.622. The standard InChI is InChI=1S/C15H26NO2P.C13H18N2O3.C12H16N2O4.C12H20NO2P.C11H15NO2.C10H16NO3P.C10H21O2P.C8H14O4/c1-6-19(18,7-2)12-14-10-8-9-13(16(14)17)11-15(3,4)5;1-13(2,3)10(16)9-7-6-8(11(17)14-4)12(18)15(9)5;1-12(2,3)9(15)7-5-6-8(10(16)13-4)14(18)11(7)17;1-5-16(14,15)11-8-6-7-10(13-11)9-12(2,3)4;1-11(2,3)7-8-5-4-6-9(12-8)10(13)14;1-10(2,3)7-8-5-4-6-9(11-8)15(12,13)14;1-6-13(12,7-2)8-9(11)10(3,4)5;1-8(2,3)6(10)4-5(9)7(11)12/h8-10H,6-7,11-12H2,1-5H3;6-7H,1-5H3,(H,14,17);5-6,18H,1-4H3,(H,13,16);6-8H,5,9H2,1-4H3,(H,14,15);4-6H,7H2,1-3H3,(H,13,14);4-6H,7H2,1-3H3,(H2,12,13,14);6-8H2,1-5H3;5,9H,4H2,1-3H3,(H,11,12). The number of ketones is 4. The fourth-order valence-corrected chi connectivity index (χ4v) is 15.7. The van der Waals surface area contributed by atoms with Crippen molar-refractivity contribution in [2.45, 2.75) is 245 Å². The van der Waals surface area contributed by atoms with Crippen LogP contribution in [0.2, 0.25) is 0 Å². The molecular formula is C91H146N8O22P4. The molecule has 2 atom stereocenters. The second-order valence-corrected chi connectivity index (χ2v) is 50.7. The molecule has 0 aliphatic carbocycles. The minimum atomic E-state index is -4.22. The summed E-state index contributed by atoms with van der Waals surface area (Å²) in [4.78, 5) is 154. The Bertz CT molecular complexity index is 4940. The third kappa shape index (κ3) is 44.6. The number of aromatic nitrogens is 6. The van der Waals surface area contributed by atoms with E-state index in [1.807, 2.05) is 78.8 Å². The van der Waals surface area contributed by atoms with Gasteiger partial charge in [-0.05, 0) is 132 Å². The Morgan fingerprint density at radius 2 is 0.840 bits per heavy atom. The fraction of sp³-hybridized carbons (Fsp3) is 0.582. The van der Waals surface area contributed by atoms with Gasteiger partial charge in [0.1, 0.15) is 34.0 Å². The molecule has 0 saturated heterocycles. The first kappa shape index (κ1) is 118. The molecule has 0 fully saturated rings. The summed E-state index contributed by atoms with van der Waals surface area (Å²) in [5.41, 5.74) is 0.914. The summed E-state index contributed by atoms with van der Waals surface area (Å²) in [7, 11) is -7.53. The lowest BCUT2D eigenvalue weighted by Crippen LogP contribution is -2.38. The van der Waals surface area contributed by atoms with Gasteiger partial charge in [-0.15, -0.1) is 4.73 Å². The highest BCUT2D eigenvalue weighted by molar-refractivity contribution is 7.65. The first-order valence-corrected chi connectivity index (χ1v) is 49.4. The van der Waals surface area contributed by atoms with Crippen LogP contribution in [0.4, 0.5) is 0 Å². The van der Waals surface area contributed by atoms with Crippen LogP contribution < -0.4 is 37.4 Å². The molecule has 0 radical (unpaired) electrons. The van der Waals surface area contributed by atoms with Gasteiger partial charge in [0.2, 0.25) is 7.37 Å². The van der Waals surface area contributed by atoms with Crippen LogP contribution in [-0.2, 0) is 71.5 Å². The number of pyridine rings is 6. The van der Waals surface area contributed by atoms with Crippen LogP contribution in [-0.4, -0.2) is 164 Å². The van der Waals surface area contributed by atoms with E-state index in [-0.39, 0.29) is 95.8 Å². The Morgan fingerprint density at radius 1 is 0.456 bits per heavy atom. The number of hydrogen-bond donors (Lipinski definition) is 9. The normalized spacial score (nSPS) is 12.7. The number of rotatable bonds is 23. The Hall–Kier alpha value is -8.58. The summed E-state index contributed by atoms with van der Waals surface area (Å²) < 4.78 is 49.7. The number of nitrogens with one attached hydrogen (secondary N) is 2. The molecule has 125 heavy (non-hydrogen) atoms. The average Bonchev–Trinajstić information content (AvgIpc) is 0.805. The molecule has 702 valence electrons. The van der Waals surface area contributed by atoms with Gasteiger partial charge >= 0.3 is 19.5 Å². The van der Waals surface area contributed by atoms with E-state index in [1.165, 1.54) is 62.1 Å². The summed E-state index contributed by atoms with van der Waals surface area (Å²) in [6.07, 6.45) is 4.67. The highest BCUT2D eigenvalue weighted by Crippen LogP contribution is 2.48. The maximum atomic E-state index is 12.5. The van der Waals surface area contributed by atoms with E-state index >= 15 is 0 Å². The fourth-order valence-electron chi connectivity index (χ4n) is 10.6.